The van der Waals surface area contributed by atoms with Crippen molar-refractivity contribution in [2.24, 2.45) is 5.92 Å². The van der Waals surface area contributed by atoms with Gasteiger partial charge in [-0.25, -0.2) is 9.97 Å². The van der Waals surface area contributed by atoms with Gasteiger partial charge in [-0.3, -0.25) is 44.0 Å². The summed E-state index contributed by atoms with van der Waals surface area (Å²) in [7, 11) is 0. The van der Waals surface area contributed by atoms with E-state index in [1.807, 2.05) is 31.2 Å². The Morgan fingerprint density at radius 2 is 1.69 bits per heavy atom. The fourth-order valence-electron chi connectivity index (χ4n) is 9.88. The van der Waals surface area contributed by atoms with Crippen molar-refractivity contribution in [1.29, 1.82) is 0 Å². The van der Waals surface area contributed by atoms with Crippen molar-refractivity contribution in [2.75, 3.05) is 43.4 Å². The van der Waals surface area contributed by atoms with Crippen molar-refractivity contribution in [3.8, 4) is 0 Å². The molecule has 3 atom stereocenters. The van der Waals surface area contributed by atoms with E-state index < -0.39 is 35.3 Å². The van der Waals surface area contributed by atoms with Gasteiger partial charge < -0.3 is 15.7 Å². The largest absolute Gasteiger partial charge is 0.386 e. The number of amides is 5. The first-order valence-electron chi connectivity index (χ1n) is 20.8. The second-order valence-corrected chi connectivity index (χ2v) is 18.5. The molecule has 14 nitrogen and oxygen atoms in total. The van der Waals surface area contributed by atoms with E-state index in [1.54, 1.807) is 49.4 Å². The summed E-state index contributed by atoms with van der Waals surface area (Å²) in [5.41, 5.74) is 3.11. The number of anilines is 2. The van der Waals surface area contributed by atoms with Crippen molar-refractivity contribution >= 4 is 62.5 Å². The van der Waals surface area contributed by atoms with Gasteiger partial charge in [-0.1, -0.05) is 12.1 Å². The smallest absolute Gasteiger partial charge is 0.274 e. The van der Waals surface area contributed by atoms with Gasteiger partial charge in [0, 0.05) is 79.8 Å². The number of fused-ring (bicyclic) bond motifs is 4. The maximum Gasteiger partial charge on any atom is 0.274 e. The van der Waals surface area contributed by atoms with Crippen LogP contribution >= 0.6 is 11.3 Å². The number of aryl methyl sites for hydroxylation is 1. The molecule has 0 spiro atoms. The van der Waals surface area contributed by atoms with Crippen LogP contribution in [0.4, 0.5) is 11.4 Å². The maximum atomic E-state index is 13.5. The number of hydrogen-bond acceptors (Lipinski definition) is 12. The number of carbonyl (C=O) groups is 5. The summed E-state index contributed by atoms with van der Waals surface area (Å²) < 4.78 is 0.989. The molecule has 15 heteroatoms. The number of likely N-dealkylation sites (tertiary alicyclic amines) is 2. The number of nitrogens with one attached hydrogen (secondary N) is 3. The molecule has 308 valence electrons. The van der Waals surface area contributed by atoms with Crippen LogP contribution in [0.25, 0.3) is 10.2 Å². The summed E-state index contributed by atoms with van der Waals surface area (Å²) in [5, 5.41) is 20.8. The number of thiazole rings is 1. The molecule has 1 unspecified atom stereocenters. The van der Waals surface area contributed by atoms with E-state index in [2.05, 4.69) is 30.7 Å². The predicted octanol–water partition coefficient (Wildman–Crippen LogP) is 5.03. The fourth-order valence-corrected chi connectivity index (χ4v) is 11.0. The minimum Gasteiger partial charge on any atom is -0.386 e. The maximum absolute atomic E-state index is 13.5. The second kappa shape index (κ2) is 15.5. The number of piperidine rings is 1. The van der Waals surface area contributed by atoms with Gasteiger partial charge in [0.2, 0.25) is 11.8 Å². The van der Waals surface area contributed by atoms with Crippen LogP contribution < -0.4 is 16.0 Å². The highest BCUT2D eigenvalue weighted by atomic mass is 32.1. The van der Waals surface area contributed by atoms with Crippen molar-refractivity contribution in [3.05, 3.63) is 81.6 Å². The number of imide groups is 2. The van der Waals surface area contributed by atoms with E-state index in [-0.39, 0.29) is 24.3 Å². The van der Waals surface area contributed by atoms with Crippen LogP contribution in [0.15, 0.2) is 48.5 Å². The van der Waals surface area contributed by atoms with Crippen LogP contribution in [-0.2, 0) is 15.2 Å². The zero-order chi connectivity index (χ0) is 41.2. The molecule has 2 aromatic heterocycles. The Morgan fingerprint density at radius 1 is 0.932 bits per heavy atom. The molecule has 0 radical (unpaired) electrons. The predicted molar refractivity (Wildman–Crippen MR) is 223 cm³/mol. The number of hydrogen-bond donors (Lipinski definition) is 4. The summed E-state index contributed by atoms with van der Waals surface area (Å²) in [6.45, 7) is 9.91. The first-order chi connectivity index (χ1) is 28.3. The lowest BCUT2D eigenvalue weighted by Gasteiger charge is -2.37. The molecular formula is C44H50N8O6S. The Kier molecular flexibility index (Phi) is 10.3. The monoisotopic (exact) mass is 818 g/mol. The highest BCUT2D eigenvalue weighted by Crippen LogP contribution is 2.42. The molecule has 59 heavy (non-hydrogen) atoms. The number of aromatic nitrogens is 2. The van der Waals surface area contributed by atoms with E-state index in [1.165, 1.54) is 0 Å². The molecular weight excluding hydrogens is 769 g/mol. The summed E-state index contributed by atoms with van der Waals surface area (Å²) in [6, 6.07) is 14.4. The van der Waals surface area contributed by atoms with Crippen molar-refractivity contribution in [1.82, 2.24) is 30.0 Å². The normalized spacial score (nSPS) is 24.9. The molecule has 4 N–H and O–H groups in total. The van der Waals surface area contributed by atoms with Crippen LogP contribution in [0.2, 0.25) is 0 Å². The zero-order valence-electron chi connectivity index (χ0n) is 33.6. The van der Waals surface area contributed by atoms with Crippen LogP contribution in [0.3, 0.4) is 0 Å². The third kappa shape index (κ3) is 7.65. The molecule has 4 aliphatic heterocycles. The van der Waals surface area contributed by atoms with Gasteiger partial charge in [-0.2, -0.15) is 0 Å². The molecule has 4 aromatic rings. The lowest BCUT2D eigenvalue weighted by Crippen LogP contribution is -2.54. The summed E-state index contributed by atoms with van der Waals surface area (Å²) in [5.74, 6) is -1.28. The number of carbonyl (C=O) groups excluding carboxylic acids is 5. The van der Waals surface area contributed by atoms with Crippen LogP contribution in [0, 0.1) is 12.8 Å². The molecule has 1 aliphatic carbocycles. The van der Waals surface area contributed by atoms with Gasteiger partial charge >= 0.3 is 0 Å². The lowest BCUT2D eigenvalue weighted by atomic mass is 9.82. The molecule has 5 aliphatic rings. The average molecular weight is 819 g/mol. The summed E-state index contributed by atoms with van der Waals surface area (Å²) >= 11 is 1.68. The first kappa shape index (κ1) is 39.4. The number of aliphatic hydroxyl groups is 1. The van der Waals surface area contributed by atoms with E-state index in [0.29, 0.717) is 58.7 Å². The van der Waals surface area contributed by atoms with Crippen molar-refractivity contribution in [2.45, 2.75) is 95.4 Å². The Hall–Kier alpha value is -5.09. The number of nitrogens with zero attached hydrogens (tertiary/aromatic N) is 5. The zero-order valence-corrected chi connectivity index (χ0v) is 34.4. The number of benzene rings is 2. The average Bonchev–Trinajstić information content (AvgIpc) is 3.97. The third-order valence-corrected chi connectivity index (χ3v) is 14.1. The Bertz CT molecular complexity index is 2370. The molecule has 2 bridgehead atoms. The van der Waals surface area contributed by atoms with E-state index in [0.717, 1.165) is 84.1 Å². The van der Waals surface area contributed by atoms with Crippen molar-refractivity contribution in [3.63, 3.8) is 0 Å². The minimum atomic E-state index is -1.18. The summed E-state index contributed by atoms with van der Waals surface area (Å²) in [6.07, 6.45) is 5.87. The van der Waals surface area contributed by atoms with Gasteiger partial charge in [0.15, 0.2) is 0 Å². The van der Waals surface area contributed by atoms with E-state index in [4.69, 9.17) is 4.98 Å². The standard InChI is InChI=1S/C44H50N8O6S/c1-24-6-4-9-32(46-24)39(54)47-33-20-36-34(19-30(33)44(2,3)58)48-41(59-36)26-12-10-25(11-13-26)21-51-23-27-18-28(51)22-50(27)17-16-45-31-8-5-7-29-38(31)43(57)52(42(29)56)35-14-15-37(53)49-40(35)55/h4-9,19-20,25-28,35,45,58H,10-18,21-23H2,1-3H3,(H,47,54)(H,49,53,55)/t25?,26?,27-,28-,35?/m0/s1. The summed E-state index contributed by atoms with van der Waals surface area (Å²) in [4.78, 5) is 79.7. The molecule has 5 amide bonds. The van der Waals surface area contributed by atoms with Crippen LogP contribution in [0.5, 0.6) is 0 Å². The first-order valence-corrected chi connectivity index (χ1v) is 21.6. The van der Waals surface area contributed by atoms with E-state index >= 15 is 0 Å². The Labute approximate surface area is 346 Å². The van der Waals surface area contributed by atoms with Gasteiger partial charge in [0.1, 0.15) is 11.7 Å². The number of pyridine rings is 1. The fraction of sp³-hybridized carbons (Fsp3) is 0.477. The highest BCUT2D eigenvalue weighted by Gasteiger charge is 2.46. The molecule has 3 saturated heterocycles. The molecule has 6 heterocycles. The minimum absolute atomic E-state index is 0.0870. The SMILES string of the molecule is Cc1cccc(C(=O)Nc2cc3sc(C4CCC(CN5C[C@@H]6C[C@H]5CN6CCNc5cccc6c5C(=O)N(C5CCC(=O)NC5=O)C6=O)CC4)nc3cc2C(C)(C)O)n1. The van der Waals surface area contributed by atoms with Crippen molar-refractivity contribution < 1.29 is 29.1 Å². The van der Waals surface area contributed by atoms with Gasteiger partial charge in [0.25, 0.3) is 17.7 Å². The third-order valence-electron chi connectivity index (χ3n) is 12.9. The topological polar surface area (TPSA) is 177 Å². The number of rotatable bonds is 11. The van der Waals surface area contributed by atoms with Crippen LogP contribution in [0.1, 0.15) is 112 Å². The Morgan fingerprint density at radius 3 is 2.42 bits per heavy atom. The Balaban J connectivity index is 0.764. The van der Waals surface area contributed by atoms with Gasteiger partial charge in [-0.15, -0.1) is 11.3 Å². The molecule has 9 rings (SSSR count). The lowest BCUT2D eigenvalue weighted by molar-refractivity contribution is -0.136. The van der Waals surface area contributed by atoms with E-state index in [9.17, 15) is 29.1 Å². The molecule has 2 aromatic carbocycles. The number of piperazine rings is 1. The van der Waals surface area contributed by atoms with Gasteiger partial charge in [0.05, 0.1) is 32.0 Å². The van der Waals surface area contributed by atoms with Crippen LogP contribution in [-0.4, -0.2) is 110 Å². The molecule has 1 saturated carbocycles. The molecule has 4 fully saturated rings. The highest BCUT2D eigenvalue weighted by molar-refractivity contribution is 7.18. The second-order valence-electron chi connectivity index (χ2n) is 17.4. The van der Waals surface area contributed by atoms with Gasteiger partial charge in [-0.05, 0) is 102 Å². The quantitative estimate of drug-likeness (QED) is 0.150.